The van der Waals surface area contributed by atoms with Crippen LogP contribution in [0.2, 0.25) is 0 Å². The molecule has 1 aliphatic carbocycles. The van der Waals surface area contributed by atoms with Crippen molar-refractivity contribution in [3.8, 4) is 0 Å². The number of aromatic nitrogens is 5. The van der Waals surface area contributed by atoms with Gasteiger partial charge in [-0.15, -0.1) is 17.0 Å². The number of nitrogens with one attached hydrogen (secondary N) is 1. The minimum absolute atomic E-state index is 0. The van der Waals surface area contributed by atoms with Crippen LogP contribution < -0.4 is 5.73 Å². The minimum Gasteiger partial charge on any atom is -0.341 e. The van der Waals surface area contributed by atoms with Crippen molar-refractivity contribution in [1.82, 2.24) is 29.8 Å². The number of H-pyrrole nitrogens is 1. The van der Waals surface area contributed by atoms with Gasteiger partial charge in [-0.1, -0.05) is 42.5 Å². The molecule has 1 aliphatic rings. The van der Waals surface area contributed by atoms with Crippen LogP contribution in [0.4, 0.5) is 0 Å². The number of benzene rings is 2. The number of halogens is 1. The molecule has 0 aliphatic heterocycles. The molecule has 0 spiro atoms. The van der Waals surface area contributed by atoms with Crippen LogP contribution in [0.3, 0.4) is 0 Å². The molecule has 37 heavy (non-hydrogen) atoms. The van der Waals surface area contributed by atoms with E-state index >= 15 is 0 Å². The fourth-order valence-electron chi connectivity index (χ4n) is 5.17. The van der Waals surface area contributed by atoms with Gasteiger partial charge in [-0.05, 0) is 60.2 Å². The molecule has 0 radical (unpaired) electrons. The van der Waals surface area contributed by atoms with Crippen LogP contribution in [0.5, 0.6) is 0 Å². The molecule has 0 saturated carbocycles. The van der Waals surface area contributed by atoms with Gasteiger partial charge in [-0.2, -0.15) is 0 Å². The molecule has 0 bridgehead atoms. The van der Waals surface area contributed by atoms with E-state index in [-0.39, 0.29) is 29.1 Å². The molecule has 3 heterocycles. The van der Waals surface area contributed by atoms with Crippen molar-refractivity contribution in [2.45, 2.75) is 44.4 Å². The van der Waals surface area contributed by atoms with Crippen LogP contribution >= 0.6 is 17.0 Å². The number of nitrogens with two attached hydrogens (primary N) is 1. The summed E-state index contributed by atoms with van der Waals surface area (Å²) in [6.07, 6.45) is 8.69. The molecule has 7 nitrogen and oxygen atoms in total. The number of imidazole rings is 1. The van der Waals surface area contributed by atoms with E-state index in [4.69, 9.17) is 15.7 Å². The van der Waals surface area contributed by atoms with Gasteiger partial charge in [0.15, 0.2) is 0 Å². The lowest BCUT2D eigenvalue weighted by Crippen LogP contribution is -2.31. The third-order valence-electron chi connectivity index (χ3n) is 6.99. The first-order chi connectivity index (χ1) is 17.7. The Kier molecular flexibility index (Phi) is 7.69. The zero-order valence-corrected chi connectivity index (χ0v) is 22.2. The average Bonchev–Trinajstić information content (AvgIpc) is 3.35. The van der Waals surface area contributed by atoms with E-state index in [2.05, 4.69) is 62.3 Å². The van der Waals surface area contributed by atoms with E-state index in [0.29, 0.717) is 12.4 Å². The summed E-state index contributed by atoms with van der Waals surface area (Å²) in [4.78, 5) is 24.3. The number of pyridine rings is 1. The van der Waals surface area contributed by atoms with Crippen LogP contribution in [-0.2, 0) is 19.5 Å². The smallest absolute Gasteiger partial charge is 0.149 e. The van der Waals surface area contributed by atoms with Gasteiger partial charge in [-0.3, -0.25) is 9.88 Å². The second-order valence-corrected chi connectivity index (χ2v) is 9.39. The summed E-state index contributed by atoms with van der Waals surface area (Å²) in [6.45, 7) is 1.50. The summed E-state index contributed by atoms with van der Waals surface area (Å²) < 4.78 is 0. The Labute approximate surface area is 227 Å². The number of rotatable bonds is 7. The maximum atomic E-state index is 6.42. The molecule has 0 fully saturated rings. The highest BCUT2D eigenvalue weighted by molar-refractivity contribution is 8.93. The molecule has 2 aromatic carbocycles. The second-order valence-electron chi connectivity index (χ2n) is 9.39. The Morgan fingerprint density at radius 1 is 0.892 bits per heavy atom. The van der Waals surface area contributed by atoms with Crippen molar-refractivity contribution in [2.24, 2.45) is 5.73 Å². The highest BCUT2D eigenvalue weighted by atomic mass is 79.9. The second kappa shape index (κ2) is 11.3. The summed E-state index contributed by atoms with van der Waals surface area (Å²) in [5.74, 6) is 1.60. The summed E-state index contributed by atoms with van der Waals surface area (Å²) in [7, 11) is 0. The number of hydrogen-bond acceptors (Lipinski definition) is 6. The molecular weight excluding hydrogens is 526 g/mol. The van der Waals surface area contributed by atoms with Crippen molar-refractivity contribution in [3.05, 3.63) is 119 Å². The van der Waals surface area contributed by atoms with Crippen LogP contribution in [0.1, 0.15) is 59.0 Å². The third-order valence-corrected chi connectivity index (χ3v) is 6.99. The monoisotopic (exact) mass is 555 g/mol. The molecule has 2 atom stereocenters. The largest absolute Gasteiger partial charge is 0.341 e. The molecule has 3 aromatic heterocycles. The molecule has 2 unspecified atom stereocenters. The maximum absolute atomic E-state index is 6.42. The van der Waals surface area contributed by atoms with E-state index in [9.17, 15) is 0 Å². The predicted octanol–water partition coefficient (Wildman–Crippen LogP) is 5.45. The predicted molar refractivity (Wildman–Crippen MR) is 150 cm³/mol. The molecule has 6 rings (SSSR count). The summed E-state index contributed by atoms with van der Waals surface area (Å²) in [6, 6.07) is 22.6. The average molecular weight is 557 g/mol. The standard InChI is InChI=1S/C29H29N7.BrH/c30-27(29-32-16-5-17-33-29)21-13-11-20(12-14-21)18-36(19-26-34-23-8-1-2-9-24(23)35-26)25-10-3-6-22-7-4-15-31-28(22)25;/h1-2,4-5,7-9,11-17,25,27H,3,6,10,18-19,30H2,(H,34,35);1H. The molecule has 0 amide bonds. The summed E-state index contributed by atoms with van der Waals surface area (Å²) in [5, 5.41) is 0. The molecular formula is C29H30BrN7. The third kappa shape index (κ3) is 5.46. The van der Waals surface area contributed by atoms with Crippen molar-refractivity contribution < 1.29 is 0 Å². The zero-order chi connectivity index (χ0) is 24.3. The molecule has 188 valence electrons. The highest BCUT2D eigenvalue weighted by Gasteiger charge is 2.28. The Morgan fingerprint density at radius 2 is 1.68 bits per heavy atom. The van der Waals surface area contributed by atoms with Crippen LogP contribution in [-0.4, -0.2) is 29.8 Å². The van der Waals surface area contributed by atoms with E-state index in [1.54, 1.807) is 18.5 Å². The zero-order valence-electron chi connectivity index (χ0n) is 20.5. The SMILES string of the molecule is Br.NC(c1ccc(CN(Cc2nc3ccccc3[nH]2)C2CCCc3cccnc32)cc1)c1ncccn1. The minimum atomic E-state index is -0.346. The quantitative estimate of drug-likeness (QED) is 0.277. The van der Waals surface area contributed by atoms with Gasteiger partial charge in [0.2, 0.25) is 0 Å². The number of hydrogen-bond donors (Lipinski definition) is 2. The van der Waals surface area contributed by atoms with Gasteiger partial charge in [0.25, 0.3) is 0 Å². The van der Waals surface area contributed by atoms with Crippen molar-refractivity contribution >= 4 is 28.0 Å². The normalized spacial score (nSPS) is 15.8. The first-order valence-electron chi connectivity index (χ1n) is 12.5. The molecule has 5 aromatic rings. The van der Waals surface area contributed by atoms with Gasteiger partial charge in [0.05, 0.1) is 35.4 Å². The van der Waals surface area contributed by atoms with E-state index < -0.39 is 0 Å². The maximum Gasteiger partial charge on any atom is 0.149 e. The van der Waals surface area contributed by atoms with Gasteiger partial charge < -0.3 is 10.7 Å². The van der Waals surface area contributed by atoms with E-state index in [0.717, 1.165) is 48.2 Å². The summed E-state index contributed by atoms with van der Waals surface area (Å²) in [5.41, 5.74) is 13.3. The number of aromatic amines is 1. The highest BCUT2D eigenvalue weighted by Crippen LogP contribution is 2.35. The topological polar surface area (TPSA) is 96.6 Å². The van der Waals surface area contributed by atoms with Gasteiger partial charge >= 0.3 is 0 Å². The van der Waals surface area contributed by atoms with Gasteiger partial charge in [0, 0.05) is 25.1 Å². The van der Waals surface area contributed by atoms with Crippen LogP contribution in [0.15, 0.2) is 85.3 Å². The van der Waals surface area contributed by atoms with Gasteiger partial charge in [0.1, 0.15) is 11.6 Å². The van der Waals surface area contributed by atoms with Crippen LogP contribution in [0, 0.1) is 0 Å². The van der Waals surface area contributed by atoms with Crippen molar-refractivity contribution in [1.29, 1.82) is 0 Å². The van der Waals surface area contributed by atoms with Crippen LogP contribution in [0.25, 0.3) is 11.0 Å². The van der Waals surface area contributed by atoms with E-state index in [1.165, 1.54) is 16.8 Å². The Bertz CT molecular complexity index is 1420. The first kappa shape index (κ1) is 25.2. The van der Waals surface area contributed by atoms with Crippen molar-refractivity contribution in [3.63, 3.8) is 0 Å². The Morgan fingerprint density at radius 3 is 2.49 bits per heavy atom. The fraction of sp³-hybridized carbons (Fsp3) is 0.241. The Balaban J connectivity index is 0.00000280. The number of fused-ring (bicyclic) bond motifs is 2. The van der Waals surface area contributed by atoms with Gasteiger partial charge in [-0.25, -0.2) is 15.0 Å². The lowest BCUT2D eigenvalue weighted by Gasteiger charge is -2.34. The van der Waals surface area contributed by atoms with Crippen molar-refractivity contribution in [2.75, 3.05) is 0 Å². The first-order valence-corrected chi connectivity index (χ1v) is 12.5. The molecule has 3 N–H and O–H groups in total. The lowest BCUT2D eigenvalue weighted by atomic mass is 9.90. The fourth-order valence-corrected chi connectivity index (χ4v) is 5.17. The van der Waals surface area contributed by atoms with E-state index in [1.807, 2.05) is 24.4 Å². The summed E-state index contributed by atoms with van der Waals surface area (Å²) >= 11 is 0. The Hall–Kier alpha value is -3.46. The number of aryl methyl sites for hydroxylation is 1. The number of nitrogens with zero attached hydrogens (tertiary/aromatic N) is 5. The number of para-hydroxylation sites is 2. The molecule has 8 heteroatoms. The lowest BCUT2D eigenvalue weighted by molar-refractivity contribution is 0.153. The molecule has 0 saturated heterocycles.